The van der Waals surface area contributed by atoms with Gasteiger partial charge >= 0.3 is 0 Å². The number of nitrogens with zero attached hydrogens (tertiary/aromatic N) is 2. The molecule has 26 heavy (non-hydrogen) atoms. The van der Waals surface area contributed by atoms with Gasteiger partial charge in [0.1, 0.15) is 12.0 Å². The molecule has 2 aromatic rings. The first-order chi connectivity index (χ1) is 12.6. The van der Waals surface area contributed by atoms with Gasteiger partial charge < -0.3 is 15.1 Å². The van der Waals surface area contributed by atoms with E-state index < -0.39 is 9.84 Å². The molecular weight excluding hydrogens is 352 g/mol. The van der Waals surface area contributed by atoms with Crippen molar-refractivity contribution in [3.05, 3.63) is 42.3 Å². The Morgan fingerprint density at radius 2 is 2.12 bits per heavy atom. The summed E-state index contributed by atoms with van der Waals surface area (Å²) < 4.78 is 28.6. The van der Waals surface area contributed by atoms with Gasteiger partial charge in [0, 0.05) is 18.7 Å². The predicted octanol–water partition coefficient (Wildman–Crippen LogP) is 1.83. The van der Waals surface area contributed by atoms with Crippen LogP contribution in [0.15, 0.2) is 46.0 Å². The predicted molar refractivity (Wildman–Crippen MR) is 102 cm³/mol. The van der Waals surface area contributed by atoms with Crippen molar-refractivity contribution < 1.29 is 12.8 Å². The molecule has 8 heteroatoms. The zero-order valence-electron chi connectivity index (χ0n) is 14.8. The zero-order chi connectivity index (χ0) is 18.4. The molecule has 3 rings (SSSR count). The number of hydrogen-bond donors (Lipinski definition) is 2. The van der Waals surface area contributed by atoms with Crippen LogP contribution in [0, 0.1) is 5.92 Å². The molecule has 0 bridgehead atoms. The quantitative estimate of drug-likeness (QED) is 0.590. The maximum absolute atomic E-state index is 11.5. The van der Waals surface area contributed by atoms with E-state index in [0.29, 0.717) is 31.4 Å². The summed E-state index contributed by atoms with van der Waals surface area (Å²) in [6, 6.07) is 9.71. The summed E-state index contributed by atoms with van der Waals surface area (Å²) in [5.74, 6) is 1.91. The Morgan fingerprint density at radius 1 is 1.31 bits per heavy atom. The topological polar surface area (TPSA) is 96.6 Å². The molecule has 1 atom stereocenters. The molecule has 0 saturated carbocycles. The number of aliphatic imine (C=N–C) groups is 1. The summed E-state index contributed by atoms with van der Waals surface area (Å²) in [5, 5.41) is 6.39. The Morgan fingerprint density at radius 3 is 2.81 bits per heavy atom. The minimum absolute atomic E-state index is 0.139. The van der Waals surface area contributed by atoms with Gasteiger partial charge in [-0.15, -0.1) is 0 Å². The number of benzene rings is 1. The van der Waals surface area contributed by atoms with Crippen molar-refractivity contribution in [2.45, 2.75) is 19.9 Å². The number of guanidine groups is 1. The third kappa shape index (κ3) is 5.08. The van der Waals surface area contributed by atoms with Crippen molar-refractivity contribution >= 4 is 15.8 Å². The van der Waals surface area contributed by atoms with Crippen LogP contribution >= 0.6 is 0 Å². The van der Waals surface area contributed by atoms with Gasteiger partial charge in [-0.1, -0.05) is 18.2 Å². The first-order valence-electron chi connectivity index (χ1n) is 8.78. The van der Waals surface area contributed by atoms with E-state index in [1.54, 1.807) is 6.26 Å². The van der Waals surface area contributed by atoms with E-state index >= 15 is 0 Å². The molecule has 1 aromatic heterocycles. The molecule has 1 aliphatic rings. The minimum Gasteiger partial charge on any atom is -0.444 e. The Kier molecular flexibility index (Phi) is 5.92. The molecule has 0 spiro atoms. The summed E-state index contributed by atoms with van der Waals surface area (Å²) in [7, 11) is -2.86. The maximum Gasteiger partial charge on any atom is 0.226 e. The summed E-state index contributed by atoms with van der Waals surface area (Å²) in [6.07, 6.45) is 2.32. The average molecular weight is 376 g/mol. The van der Waals surface area contributed by atoms with E-state index in [0.717, 1.165) is 17.8 Å². The van der Waals surface area contributed by atoms with E-state index in [9.17, 15) is 8.42 Å². The summed E-state index contributed by atoms with van der Waals surface area (Å²) in [6.45, 7) is 3.69. The van der Waals surface area contributed by atoms with Gasteiger partial charge in [-0.05, 0) is 31.4 Å². The average Bonchev–Trinajstić information content (AvgIpc) is 3.24. The molecule has 1 aromatic carbocycles. The van der Waals surface area contributed by atoms with Gasteiger partial charge in [0.25, 0.3) is 0 Å². The molecule has 1 saturated heterocycles. The molecular formula is C18H24N4O3S. The fourth-order valence-electron chi connectivity index (χ4n) is 2.87. The van der Waals surface area contributed by atoms with Crippen molar-refractivity contribution in [1.29, 1.82) is 0 Å². The van der Waals surface area contributed by atoms with Gasteiger partial charge in [-0.2, -0.15) is 0 Å². The van der Waals surface area contributed by atoms with Crippen LogP contribution in [0.5, 0.6) is 0 Å². The van der Waals surface area contributed by atoms with E-state index in [-0.39, 0.29) is 17.4 Å². The van der Waals surface area contributed by atoms with Crippen LogP contribution < -0.4 is 10.6 Å². The second-order valence-corrected chi connectivity index (χ2v) is 8.58. The van der Waals surface area contributed by atoms with Crippen molar-refractivity contribution in [2.75, 3.05) is 24.6 Å². The standard InChI is InChI=1S/C18H24N4O3S/c1-2-19-18(20-10-14-8-9-26(23,24)13-14)21-11-16-12-25-17(22-16)15-6-4-3-5-7-15/h3-7,12,14H,2,8-11,13H2,1H3,(H2,19,20,21). The van der Waals surface area contributed by atoms with Gasteiger partial charge in [0.05, 0.1) is 18.1 Å². The normalized spacial score (nSPS) is 19.4. The third-order valence-electron chi connectivity index (χ3n) is 4.20. The van der Waals surface area contributed by atoms with Crippen LogP contribution in [0.2, 0.25) is 0 Å². The number of hydrogen-bond acceptors (Lipinski definition) is 5. The molecule has 140 valence electrons. The van der Waals surface area contributed by atoms with Crippen LogP contribution in [-0.4, -0.2) is 44.0 Å². The first-order valence-corrected chi connectivity index (χ1v) is 10.6. The number of sulfone groups is 1. The van der Waals surface area contributed by atoms with E-state index in [4.69, 9.17) is 4.42 Å². The Bertz CT molecular complexity index is 846. The highest BCUT2D eigenvalue weighted by atomic mass is 32.2. The summed E-state index contributed by atoms with van der Waals surface area (Å²) in [5.41, 5.74) is 1.67. The number of nitrogens with one attached hydrogen (secondary N) is 2. The highest BCUT2D eigenvalue weighted by Gasteiger charge is 2.27. The molecule has 7 nitrogen and oxygen atoms in total. The second kappa shape index (κ2) is 8.35. The molecule has 0 amide bonds. The highest BCUT2D eigenvalue weighted by molar-refractivity contribution is 7.91. The zero-order valence-corrected chi connectivity index (χ0v) is 15.6. The Balaban J connectivity index is 1.58. The van der Waals surface area contributed by atoms with E-state index in [1.165, 1.54) is 0 Å². The molecule has 1 unspecified atom stereocenters. The lowest BCUT2D eigenvalue weighted by atomic mass is 10.1. The van der Waals surface area contributed by atoms with Crippen LogP contribution in [0.1, 0.15) is 19.0 Å². The molecule has 1 fully saturated rings. The van der Waals surface area contributed by atoms with Crippen LogP contribution in [-0.2, 0) is 16.4 Å². The van der Waals surface area contributed by atoms with Gasteiger partial charge in [-0.25, -0.2) is 18.4 Å². The van der Waals surface area contributed by atoms with Crippen molar-refractivity contribution in [1.82, 2.24) is 15.6 Å². The maximum atomic E-state index is 11.5. The summed E-state index contributed by atoms with van der Waals surface area (Å²) in [4.78, 5) is 8.97. The molecule has 2 heterocycles. The number of aromatic nitrogens is 1. The molecule has 0 radical (unpaired) electrons. The SMILES string of the molecule is CCNC(=NCc1coc(-c2ccccc2)n1)NCC1CCS(=O)(=O)C1. The number of oxazole rings is 1. The van der Waals surface area contributed by atoms with E-state index in [1.807, 2.05) is 37.3 Å². The fraction of sp³-hybridized carbons (Fsp3) is 0.444. The van der Waals surface area contributed by atoms with Gasteiger partial charge in [-0.3, -0.25) is 0 Å². The number of rotatable bonds is 6. The van der Waals surface area contributed by atoms with Crippen LogP contribution in [0.3, 0.4) is 0 Å². The smallest absolute Gasteiger partial charge is 0.226 e. The van der Waals surface area contributed by atoms with E-state index in [2.05, 4.69) is 20.6 Å². The molecule has 1 aliphatic heterocycles. The monoisotopic (exact) mass is 376 g/mol. The summed E-state index contributed by atoms with van der Waals surface area (Å²) >= 11 is 0. The fourth-order valence-corrected chi connectivity index (χ4v) is 4.73. The minimum atomic E-state index is -2.86. The lowest BCUT2D eigenvalue weighted by Gasteiger charge is -2.13. The largest absolute Gasteiger partial charge is 0.444 e. The van der Waals surface area contributed by atoms with Crippen molar-refractivity contribution in [3.8, 4) is 11.5 Å². The Hall–Kier alpha value is -2.35. The van der Waals surface area contributed by atoms with Gasteiger partial charge in [0.15, 0.2) is 15.8 Å². The first kappa shape index (κ1) is 18.4. The highest BCUT2D eigenvalue weighted by Crippen LogP contribution is 2.18. The van der Waals surface area contributed by atoms with Crippen molar-refractivity contribution in [3.63, 3.8) is 0 Å². The van der Waals surface area contributed by atoms with Crippen LogP contribution in [0.4, 0.5) is 0 Å². The Labute approximate surface area is 153 Å². The van der Waals surface area contributed by atoms with Crippen molar-refractivity contribution in [2.24, 2.45) is 10.9 Å². The van der Waals surface area contributed by atoms with Crippen LogP contribution in [0.25, 0.3) is 11.5 Å². The second-order valence-electron chi connectivity index (χ2n) is 6.36. The van der Waals surface area contributed by atoms with Gasteiger partial charge in [0.2, 0.25) is 5.89 Å². The molecule has 0 aliphatic carbocycles. The lowest BCUT2D eigenvalue weighted by molar-refractivity contribution is 0.566. The third-order valence-corrected chi connectivity index (χ3v) is 6.04. The lowest BCUT2D eigenvalue weighted by Crippen LogP contribution is -2.40. The molecule has 2 N–H and O–H groups in total.